The van der Waals surface area contributed by atoms with Gasteiger partial charge >= 0.3 is 6.09 Å². The second-order valence-corrected chi connectivity index (χ2v) is 7.28. The number of thiazole rings is 1. The van der Waals surface area contributed by atoms with Gasteiger partial charge in [-0.1, -0.05) is 23.5 Å². The van der Waals surface area contributed by atoms with Crippen LogP contribution in [-0.4, -0.2) is 53.2 Å². The fraction of sp³-hybridized carbons (Fsp3) is 0.211. The predicted molar refractivity (Wildman–Crippen MR) is 106 cm³/mol. The summed E-state index contributed by atoms with van der Waals surface area (Å²) < 4.78 is 1.03. The Bertz CT molecular complexity index is 945. The summed E-state index contributed by atoms with van der Waals surface area (Å²) in [5, 5.41) is 12.4. The first-order chi connectivity index (χ1) is 13.1. The smallest absolute Gasteiger partial charge is 0.407 e. The molecule has 2 aromatic carbocycles. The lowest BCUT2D eigenvalue weighted by molar-refractivity contribution is 0.102. The third kappa shape index (κ3) is 3.70. The average molecular weight is 382 g/mol. The van der Waals surface area contributed by atoms with Gasteiger partial charge in [-0.25, -0.2) is 9.78 Å². The van der Waals surface area contributed by atoms with E-state index < -0.39 is 6.09 Å². The summed E-state index contributed by atoms with van der Waals surface area (Å²) in [4.78, 5) is 31.4. The molecule has 1 saturated heterocycles. The number of nitrogens with zero attached hydrogens (tertiary/aromatic N) is 3. The van der Waals surface area contributed by atoms with E-state index in [0.29, 0.717) is 36.9 Å². The van der Waals surface area contributed by atoms with Gasteiger partial charge in [0, 0.05) is 37.4 Å². The van der Waals surface area contributed by atoms with Crippen LogP contribution in [0.2, 0.25) is 0 Å². The van der Waals surface area contributed by atoms with Crippen molar-refractivity contribution in [1.29, 1.82) is 0 Å². The normalized spacial score (nSPS) is 14.4. The van der Waals surface area contributed by atoms with Crippen molar-refractivity contribution in [3.05, 3.63) is 54.1 Å². The number of fused-ring (bicyclic) bond motifs is 1. The Kier molecular flexibility index (Phi) is 4.64. The lowest BCUT2D eigenvalue weighted by atomic mass is 10.1. The van der Waals surface area contributed by atoms with E-state index in [1.165, 1.54) is 16.2 Å². The number of anilines is 2. The molecule has 0 atom stereocenters. The minimum absolute atomic E-state index is 0.198. The van der Waals surface area contributed by atoms with Gasteiger partial charge in [0.2, 0.25) is 0 Å². The van der Waals surface area contributed by atoms with Crippen LogP contribution in [0.5, 0.6) is 0 Å². The van der Waals surface area contributed by atoms with Crippen molar-refractivity contribution in [1.82, 2.24) is 9.88 Å². The number of rotatable bonds is 3. The lowest BCUT2D eigenvalue weighted by Crippen LogP contribution is -2.48. The Morgan fingerprint density at radius 3 is 2.37 bits per heavy atom. The second-order valence-electron chi connectivity index (χ2n) is 6.24. The molecule has 3 aromatic rings. The second kappa shape index (κ2) is 7.24. The Balaban J connectivity index is 1.41. The van der Waals surface area contributed by atoms with Crippen molar-refractivity contribution >= 4 is 44.4 Å². The highest BCUT2D eigenvalue weighted by molar-refractivity contribution is 7.22. The molecular formula is C19H18N4O3S. The van der Waals surface area contributed by atoms with E-state index in [4.69, 9.17) is 5.11 Å². The number of benzene rings is 2. The number of nitrogens with one attached hydrogen (secondary N) is 1. The van der Waals surface area contributed by atoms with Crippen molar-refractivity contribution in [3.8, 4) is 0 Å². The van der Waals surface area contributed by atoms with Crippen molar-refractivity contribution < 1.29 is 14.7 Å². The summed E-state index contributed by atoms with van der Waals surface area (Å²) in [5.74, 6) is -0.198. The number of para-hydroxylation sites is 1. The Labute approximate surface area is 159 Å². The summed E-state index contributed by atoms with van der Waals surface area (Å²) in [5.41, 5.74) is 2.41. The molecule has 1 aromatic heterocycles. The molecule has 7 nitrogen and oxygen atoms in total. The molecule has 27 heavy (non-hydrogen) atoms. The molecule has 0 unspecified atom stereocenters. The zero-order valence-corrected chi connectivity index (χ0v) is 15.3. The van der Waals surface area contributed by atoms with E-state index in [1.54, 1.807) is 12.1 Å². The summed E-state index contributed by atoms with van der Waals surface area (Å²) >= 11 is 1.44. The lowest BCUT2D eigenvalue weighted by Gasteiger charge is -2.34. The third-order valence-electron chi connectivity index (χ3n) is 4.56. The third-order valence-corrected chi connectivity index (χ3v) is 5.51. The van der Waals surface area contributed by atoms with Crippen LogP contribution < -0.4 is 10.2 Å². The molecule has 4 rings (SSSR count). The van der Waals surface area contributed by atoms with E-state index >= 15 is 0 Å². The van der Waals surface area contributed by atoms with Crippen LogP contribution in [0.1, 0.15) is 10.4 Å². The van der Waals surface area contributed by atoms with E-state index in [1.807, 2.05) is 36.4 Å². The van der Waals surface area contributed by atoms with Crippen LogP contribution in [-0.2, 0) is 0 Å². The van der Waals surface area contributed by atoms with Crippen LogP contribution in [0.4, 0.5) is 15.6 Å². The van der Waals surface area contributed by atoms with Gasteiger partial charge < -0.3 is 14.9 Å². The molecular weight excluding hydrogens is 364 g/mol. The predicted octanol–water partition coefficient (Wildman–Crippen LogP) is 3.35. The van der Waals surface area contributed by atoms with Gasteiger partial charge in [0.15, 0.2) is 5.13 Å². The van der Waals surface area contributed by atoms with Crippen molar-refractivity contribution in [3.63, 3.8) is 0 Å². The van der Waals surface area contributed by atoms with Crippen LogP contribution in [0.15, 0.2) is 48.5 Å². The molecule has 1 fully saturated rings. The number of hydrogen-bond donors (Lipinski definition) is 2. The Morgan fingerprint density at radius 2 is 1.70 bits per heavy atom. The van der Waals surface area contributed by atoms with Crippen LogP contribution >= 0.6 is 11.3 Å². The number of aromatic nitrogens is 1. The van der Waals surface area contributed by atoms with Crippen molar-refractivity contribution in [2.75, 3.05) is 36.4 Å². The average Bonchev–Trinajstić information content (AvgIpc) is 3.10. The highest BCUT2D eigenvalue weighted by Crippen LogP contribution is 2.26. The standard InChI is InChI=1S/C19H18N4O3S/c24-17(21-18-20-15-3-1-2-4-16(15)27-18)13-5-7-14(8-6-13)22-9-11-23(12-10-22)19(25)26/h1-8H,9-12H2,(H,25,26)(H,20,21,24). The zero-order chi connectivity index (χ0) is 18.8. The SMILES string of the molecule is O=C(Nc1nc2ccccc2s1)c1ccc(N2CCN(C(=O)O)CC2)cc1. The molecule has 0 saturated carbocycles. The number of carbonyl (C=O) groups excluding carboxylic acids is 1. The molecule has 2 heterocycles. The highest BCUT2D eigenvalue weighted by atomic mass is 32.1. The molecule has 2 N–H and O–H groups in total. The highest BCUT2D eigenvalue weighted by Gasteiger charge is 2.20. The van der Waals surface area contributed by atoms with Crippen LogP contribution in [0, 0.1) is 0 Å². The molecule has 8 heteroatoms. The number of carboxylic acid groups (broad SMARTS) is 1. The first-order valence-electron chi connectivity index (χ1n) is 8.60. The van der Waals surface area contributed by atoms with E-state index in [-0.39, 0.29) is 5.91 Å². The monoisotopic (exact) mass is 382 g/mol. The number of amides is 2. The van der Waals surface area contributed by atoms with Gasteiger partial charge in [-0.15, -0.1) is 0 Å². The minimum Gasteiger partial charge on any atom is -0.465 e. The van der Waals surface area contributed by atoms with Crippen molar-refractivity contribution in [2.45, 2.75) is 0 Å². The number of carbonyl (C=O) groups is 2. The maximum absolute atomic E-state index is 12.5. The fourth-order valence-corrected chi connectivity index (χ4v) is 3.94. The van der Waals surface area contributed by atoms with E-state index in [2.05, 4.69) is 15.2 Å². The van der Waals surface area contributed by atoms with Gasteiger partial charge in [0.25, 0.3) is 5.91 Å². The van der Waals surface area contributed by atoms with Gasteiger partial charge in [-0.3, -0.25) is 10.1 Å². The summed E-state index contributed by atoms with van der Waals surface area (Å²) in [6.45, 7) is 2.25. The van der Waals surface area contributed by atoms with Crippen LogP contribution in [0.25, 0.3) is 10.2 Å². The fourth-order valence-electron chi connectivity index (χ4n) is 3.07. The molecule has 1 aliphatic heterocycles. The molecule has 0 bridgehead atoms. The Morgan fingerprint density at radius 1 is 1.00 bits per heavy atom. The van der Waals surface area contributed by atoms with Gasteiger partial charge in [-0.2, -0.15) is 0 Å². The summed E-state index contributed by atoms with van der Waals surface area (Å²) in [6, 6.07) is 15.1. The van der Waals surface area contributed by atoms with E-state index in [0.717, 1.165) is 15.9 Å². The topological polar surface area (TPSA) is 85.8 Å². The van der Waals surface area contributed by atoms with E-state index in [9.17, 15) is 9.59 Å². The first-order valence-corrected chi connectivity index (χ1v) is 9.41. The molecule has 0 spiro atoms. The molecule has 0 aliphatic carbocycles. The molecule has 1 aliphatic rings. The zero-order valence-electron chi connectivity index (χ0n) is 14.5. The van der Waals surface area contributed by atoms with Crippen molar-refractivity contribution in [2.24, 2.45) is 0 Å². The first kappa shape index (κ1) is 17.3. The Hall–Kier alpha value is -3.13. The van der Waals surface area contributed by atoms with Gasteiger partial charge in [0.1, 0.15) is 0 Å². The molecule has 138 valence electrons. The molecule has 2 amide bonds. The maximum atomic E-state index is 12.5. The quantitative estimate of drug-likeness (QED) is 0.726. The molecule has 0 radical (unpaired) electrons. The largest absolute Gasteiger partial charge is 0.465 e. The number of hydrogen-bond acceptors (Lipinski definition) is 5. The summed E-state index contributed by atoms with van der Waals surface area (Å²) in [6.07, 6.45) is -0.878. The van der Waals surface area contributed by atoms with Gasteiger partial charge in [-0.05, 0) is 36.4 Å². The maximum Gasteiger partial charge on any atom is 0.407 e. The van der Waals surface area contributed by atoms with Crippen LogP contribution in [0.3, 0.4) is 0 Å². The van der Waals surface area contributed by atoms with Gasteiger partial charge in [0.05, 0.1) is 10.2 Å². The minimum atomic E-state index is -0.878. The summed E-state index contributed by atoms with van der Waals surface area (Å²) in [7, 11) is 0. The number of piperazine rings is 1.